The number of hydrogen-bond donors (Lipinski definition) is 4. The molecule has 5 aliphatic rings. The Kier molecular flexibility index (Phi) is 15.5. The molecule has 1 spiro atoms. The van der Waals surface area contributed by atoms with Gasteiger partial charge in [0.05, 0.1) is 50.6 Å². The fourth-order valence-corrected chi connectivity index (χ4v) is 12.2. The number of aliphatic hydroxyl groups excluding tert-OH is 1. The quantitative estimate of drug-likeness (QED) is 0.0544. The number of esters is 2. The van der Waals surface area contributed by atoms with Gasteiger partial charge in [0.25, 0.3) is 0 Å². The maximum Gasteiger partial charge on any atom is 0.329 e. The van der Waals surface area contributed by atoms with E-state index in [1.165, 1.54) is 7.11 Å². The molecule has 5 aromatic carbocycles. The first-order valence-electron chi connectivity index (χ1n) is 26.7. The molecular weight excluding hydrogens is 979 g/mol. The second-order valence-electron chi connectivity index (χ2n) is 20.8. The van der Waals surface area contributed by atoms with Crippen LogP contribution in [0.5, 0.6) is 5.75 Å². The third-order valence-corrected chi connectivity index (χ3v) is 15.8. The van der Waals surface area contributed by atoms with Crippen molar-refractivity contribution in [2.24, 2.45) is 11.8 Å². The number of hydrogen-bond acceptors (Lipinski definition) is 13. The maximum atomic E-state index is 17.0. The summed E-state index contributed by atoms with van der Waals surface area (Å²) in [6.45, 7) is 5.47. The van der Waals surface area contributed by atoms with E-state index >= 15 is 19.2 Å². The number of amides is 4. The lowest BCUT2D eigenvalue weighted by atomic mass is 9.65. The van der Waals surface area contributed by atoms with E-state index in [0.29, 0.717) is 67.1 Å². The molecule has 77 heavy (non-hydrogen) atoms. The minimum absolute atomic E-state index is 0.0779. The van der Waals surface area contributed by atoms with Crippen molar-refractivity contribution in [2.75, 3.05) is 61.7 Å². The highest BCUT2D eigenvalue weighted by molar-refractivity contribution is 6.25. The average molecular weight is 1040 g/mol. The monoisotopic (exact) mass is 1040 g/mol. The van der Waals surface area contributed by atoms with Crippen LogP contribution in [-0.4, -0.2) is 109 Å². The second-order valence-corrected chi connectivity index (χ2v) is 20.8. The van der Waals surface area contributed by atoms with Gasteiger partial charge < -0.3 is 44.7 Å². The highest BCUT2D eigenvalue weighted by Gasteiger charge is 2.76. The lowest BCUT2D eigenvalue weighted by Gasteiger charge is -2.46. The van der Waals surface area contributed by atoms with Crippen molar-refractivity contribution in [2.45, 2.75) is 93.7 Å². The van der Waals surface area contributed by atoms with Crippen LogP contribution in [0.15, 0.2) is 127 Å². The zero-order valence-electron chi connectivity index (χ0n) is 43.6. The van der Waals surface area contributed by atoms with Gasteiger partial charge in [0, 0.05) is 35.6 Å². The van der Waals surface area contributed by atoms with Gasteiger partial charge in [-0.05, 0) is 96.8 Å². The van der Waals surface area contributed by atoms with Crippen LogP contribution < -0.4 is 25.2 Å². The zero-order chi connectivity index (χ0) is 53.8. The number of anilines is 3. The molecule has 4 N–H and O–H groups in total. The minimum atomic E-state index is -2.22. The van der Waals surface area contributed by atoms with Crippen LogP contribution in [0.4, 0.5) is 21.9 Å². The first kappa shape index (κ1) is 52.9. The molecule has 16 heteroatoms. The van der Waals surface area contributed by atoms with Crippen LogP contribution in [0.1, 0.15) is 98.4 Å². The van der Waals surface area contributed by atoms with Crippen molar-refractivity contribution in [3.63, 3.8) is 0 Å². The van der Waals surface area contributed by atoms with Gasteiger partial charge in [-0.3, -0.25) is 19.3 Å². The van der Waals surface area contributed by atoms with Crippen molar-refractivity contribution in [3.8, 4) is 17.6 Å². The number of para-hydroxylation sites is 1. The smallest absolute Gasteiger partial charge is 0.329 e. The van der Waals surface area contributed by atoms with Gasteiger partial charge in [0.2, 0.25) is 11.8 Å². The Morgan fingerprint density at radius 3 is 2.14 bits per heavy atom. The van der Waals surface area contributed by atoms with E-state index in [2.05, 4.69) is 27.4 Å². The van der Waals surface area contributed by atoms with Gasteiger partial charge in [-0.15, -0.1) is 0 Å². The highest BCUT2D eigenvalue weighted by atomic mass is 16.6. The Morgan fingerprint density at radius 2 is 1.48 bits per heavy atom. The van der Waals surface area contributed by atoms with Gasteiger partial charge in [0.1, 0.15) is 41.6 Å². The summed E-state index contributed by atoms with van der Waals surface area (Å²) in [4.78, 5) is 82.7. The molecule has 4 fully saturated rings. The molecule has 4 aliphatic heterocycles. The Labute approximate surface area is 448 Å². The number of carbonyl (C=O) groups is 5. The van der Waals surface area contributed by atoms with Gasteiger partial charge in [-0.1, -0.05) is 117 Å². The lowest BCUT2D eigenvalue weighted by Crippen LogP contribution is -2.57. The molecule has 7 atom stereocenters. The number of aliphatic hydroxyl groups is 2. The molecule has 10 rings (SSSR count). The van der Waals surface area contributed by atoms with E-state index in [0.717, 1.165) is 36.3 Å². The number of benzene rings is 5. The number of ether oxygens (including phenoxy) is 4. The summed E-state index contributed by atoms with van der Waals surface area (Å²) in [5, 5.41) is 28.0. The van der Waals surface area contributed by atoms with Gasteiger partial charge in [-0.25, -0.2) is 14.5 Å². The van der Waals surface area contributed by atoms with E-state index in [1.807, 2.05) is 77.7 Å². The van der Waals surface area contributed by atoms with E-state index in [4.69, 9.17) is 18.9 Å². The largest absolute Gasteiger partial charge is 0.491 e. The van der Waals surface area contributed by atoms with E-state index in [9.17, 15) is 15.0 Å². The van der Waals surface area contributed by atoms with Crippen molar-refractivity contribution in [1.29, 1.82) is 0 Å². The second kappa shape index (κ2) is 22.6. The Hall–Kier alpha value is -7.55. The first-order valence-corrected chi connectivity index (χ1v) is 26.7. The average Bonchev–Trinajstić information content (AvgIpc) is 2.80. The number of methoxy groups -OCH3 is 1. The predicted molar refractivity (Wildman–Crippen MR) is 288 cm³/mol. The molecule has 4 heterocycles. The molecule has 0 aromatic heterocycles. The van der Waals surface area contributed by atoms with Crippen molar-refractivity contribution < 1.29 is 53.1 Å². The molecule has 16 nitrogen and oxygen atoms in total. The SMILES string of the molecule is COC(=O)[C@@H](NC(=O)N1C(=O)[C@@]2(c3cc(C#CC4(O)CCCCCC4)ccc31)[C@H](c1ccccc1OCCO)N1[C@H](c3ccccc3)[C@H](c3ccccc3)OC(=O)[C@H]1[C@@H]2C(=O)Nc1ccc(N2CCOCC2)cc1)C(C)C. The Morgan fingerprint density at radius 1 is 0.818 bits per heavy atom. The number of cyclic esters (lactones) is 1. The minimum Gasteiger partial charge on any atom is -0.491 e. The van der Waals surface area contributed by atoms with Crippen molar-refractivity contribution >= 4 is 46.8 Å². The van der Waals surface area contributed by atoms with Crippen LogP contribution >= 0.6 is 0 Å². The van der Waals surface area contributed by atoms with Crippen molar-refractivity contribution in [3.05, 3.63) is 155 Å². The number of morpholine rings is 2. The molecule has 5 aromatic rings. The molecular formula is C61H65N5O11. The van der Waals surface area contributed by atoms with Crippen molar-refractivity contribution in [1.82, 2.24) is 10.2 Å². The fraction of sp³-hybridized carbons (Fsp3) is 0.393. The Balaban J connectivity index is 1.26. The maximum absolute atomic E-state index is 17.0. The van der Waals surface area contributed by atoms with Crippen LogP contribution in [-0.2, 0) is 38.8 Å². The lowest BCUT2D eigenvalue weighted by molar-refractivity contribution is -0.178. The summed E-state index contributed by atoms with van der Waals surface area (Å²) in [7, 11) is 1.21. The summed E-state index contributed by atoms with van der Waals surface area (Å²) in [6, 6.07) is 32.0. The molecule has 0 unspecified atom stereocenters. The van der Waals surface area contributed by atoms with Gasteiger partial charge in [0.15, 0.2) is 0 Å². The van der Waals surface area contributed by atoms with E-state index in [-0.39, 0.29) is 30.2 Å². The predicted octanol–water partition coefficient (Wildman–Crippen LogP) is 7.54. The molecule has 3 saturated heterocycles. The number of imide groups is 1. The standard InChI is InChI=1S/C61H65N5O11/c1-39(2)50(56(69)74-3)63-59(72)65-47-27-22-40(28-31-60(73)29-14-4-5-15-30-60)38-46(47)61(58(65)71)49(55(68)62-43-23-25-44(26-24-43)64-32-35-75-36-33-64)52-57(70)77-53(42-18-10-7-11-19-42)51(41-16-8-6-9-17-41)66(52)54(61)45-20-12-13-21-48(45)76-37-34-67/h6-13,16-27,38-39,49-54,67,73H,4-5,14-15,29-30,32-37H2,1-3H3,(H,62,68)(H,63,72)/t49-,50+,51-,52-,53+,54+,61-/m1/s1. The number of carbonyl (C=O) groups excluding carboxylic acids is 5. The number of fused-ring (bicyclic) bond motifs is 3. The van der Waals surface area contributed by atoms with Crippen LogP contribution in [0, 0.1) is 23.7 Å². The molecule has 0 radical (unpaired) electrons. The van der Waals surface area contributed by atoms with Crippen LogP contribution in [0.2, 0.25) is 0 Å². The van der Waals surface area contributed by atoms with Gasteiger partial charge >= 0.3 is 18.0 Å². The summed E-state index contributed by atoms with van der Waals surface area (Å²) in [5.74, 6) is 1.36. The fourth-order valence-electron chi connectivity index (χ4n) is 12.2. The highest BCUT2D eigenvalue weighted by Crippen LogP contribution is 2.67. The third-order valence-electron chi connectivity index (χ3n) is 15.8. The number of urea groups is 1. The molecule has 1 aliphatic carbocycles. The molecule has 0 bridgehead atoms. The summed E-state index contributed by atoms with van der Waals surface area (Å²) in [6.07, 6.45) is 3.49. The summed E-state index contributed by atoms with van der Waals surface area (Å²) >= 11 is 0. The number of nitrogens with one attached hydrogen (secondary N) is 2. The molecule has 1 saturated carbocycles. The summed E-state index contributed by atoms with van der Waals surface area (Å²) < 4.78 is 23.8. The first-order chi connectivity index (χ1) is 37.4. The van der Waals surface area contributed by atoms with E-state index in [1.54, 1.807) is 68.4 Å². The van der Waals surface area contributed by atoms with E-state index < -0.39 is 82.9 Å². The topological polar surface area (TPSA) is 197 Å². The number of rotatable bonds is 12. The van der Waals surface area contributed by atoms with Crippen LogP contribution in [0.25, 0.3) is 0 Å². The normalized spacial score (nSPS) is 24.2. The van der Waals surface area contributed by atoms with Gasteiger partial charge in [-0.2, -0.15) is 0 Å². The Bertz CT molecular complexity index is 3040. The van der Waals surface area contributed by atoms with Crippen LogP contribution in [0.3, 0.4) is 0 Å². The zero-order valence-corrected chi connectivity index (χ0v) is 43.6. The third kappa shape index (κ3) is 10.0. The summed E-state index contributed by atoms with van der Waals surface area (Å²) in [5.41, 5.74) is 0.147. The molecule has 400 valence electrons. The number of nitrogens with zero attached hydrogens (tertiary/aromatic N) is 3. The molecule has 4 amide bonds.